The van der Waals surface area contributed by atoms with Gasteiger partial charge in [0, 0.05) is 23.9 Å². The van der Waals surface area contributed by atoms with Crippen molar-refractivity contribution >= 4 is 34.9 Å². The molecule has 0 aliphatic heterocycles. The molecule has 8 heteroatoms. The third-order valence-corrected chi connectivity index (χ3v) is 6.05. The highest BCUT2D eigenvalue weighted by Crippen LogP contribution is 2.27. The number of hydrogen-bond acceptors (Lipinski definition) is 8. The number of thiophene rings is 1. The standard InChI is InChI=1S/C20H20N2O4S2/c1-13-16(14(2)26-22-13)12-28-19-15(6-3-9-21-19)20(24)25-10-4-7-17(23)18-8-5-11-27-18/h3,5-6,8-9,11H,4,7,10,12H2,1-2H3. The maximum Gasteiger partial charge on any atom is 0.340 e. The van der Waals surface area contributed by atoms with Crippen molar-refractivity contribution in [1.29, 1.82) is 0 Å². The van der Waals surface area contributed by atoms with Crippen LogP contribution in [-0.4, -0.2) is 28.5 Å². The minimum Gasteiger partial charge on any atom is -0.462 e. The van der Waals surface area contributed by atoms with Crippen molar-refractivity contribution in [2.45, 2.75) is 37.5 Å². The Morgan fingerprint density at radius 3 is 2.82 bits per heavy atom. The number of esters is 1. The van der Waals surface area contributed by atoms with E-state index in [0.717, 1.165) is 21.9 Å². The highest BCUT2D eigenvalue weighted by Gasteiger charge is 2.17. The van der Waals surface area contributed by atoms with E-state index < -0.39 is 5.97 Å². The zero-order chi connectivity index (χ0) is 19.9. The summed E-state index contributed by atoms with van der Waals surface area (Å²) in [5, 5.41) is 6.41. The summed E-state index contributed by atoms with van der Waals surface area (Å²) in [6.45, 7) is 3.94. The summed E-state index contributed by atoms with van der Waals surface area (Å²) in [4.78, 5) is 29.5. The van der Waals surface area contributed by atoms with Crippen molar-refractivity contribution in [1.82, 2.24) is 10.1 Å². The Labute approximate surface area is 171 Å². The van der Waals surface area contributed by atoms with Crippen LogP contribution >= 0.6 is 23.1 Å². The Hall–Kier alpha value is -2.45. The Kier molecular flexibility index (Phi) is 7.00. The van der Waals surface area contributed by atoms with Gasteiger partial charge >= 0.3 is 5.97 Å². The van der Waals surface area contributed by atoms with Crippen LogP contribution in [0.2, 0.25) is 0 Å². The highest BCUT2D eigenvalue weighted by molar-refractivity contribution is 7.98. The van der Waals surface area contributed by atoms with Crippen LogP contribution in [0.5, 0.6) is 0 Å². The molecule has 0 N–H and O–H groups in total. The van der Waals surface area contributed by atoms with Crippen LogP contribution < -0.4 is 0 Å². The second-order valence-corrected chi connectivity index (χ2v) is 8.00. The number of thioether (sulfide) groups is 1. The van der Waals surface area contributed by atoms with Crippen LogP contribution in [0, 0.1) is 13.8 Å². The number of ether oxygens (including phenoxy) is 1. The molecular formula is C20H20N2O4S2. The van der Waals surface area contributed by atoms with Crippen LogP contribution in [-0.2, 0) is 10.5 Å². The fourth-order valence-electron chi connectivity index (χ4n) is 2.55. The number of aryl methyl sites for hydroxylation is 2. The van der Waals surface area contributed by atoms with Crippen LogP contribution in [0.1, 0.15) is 49.9 Å². The Morgan fingerprint density at radius 2 is 2.11 bits per heavy atom. The van der Waals surface area contributed by atoms with Gasteiger partial charge in [-0.05, 0) is 43.8 Å². The van der Waals surface area contributed by atoms with Crippen molar-refractivity contribution < 1.29 is 18.8 Å². The number of carbonyl (C=O) groups is 2. The zero-order valence-corrected chi connectivity index (χ0v) is 17.3. The number of carbonyl (C=O) groups excluding carboxylic acids is 2. The number of hydrogen-bond donors (Lipinski definition) is 0. The molecule has 28 heavy (non-hydrogen) atoms. The molecule has 0 aliphatic rings. The van der Waals surface area contributed by atoms with E-state index in [9.17, 15) is 9.59 Å². The number of aromatic nitrogens is 2. The lowest BCUT2D eigenvalue weighted by Crippen LogP contribution is -2.09. The van der Waals surface area contributed by atoms with Gasteiger partial charge in [0.25, 0.3) is 0 Å². The third-order valence-electron chi connectivity index (χ3n) is 4.10. The summed E-state index contributed by atoms with van der Waals surface area (Å²) < 4.78 is 10.5. The van der Waals surface area contributed by atoms with Gasteiger partial charge in [0.05, 0.1) is 22.7 Å². The Balaban J connectivity index is 1.53. The van der Waals surface area contributed by atoms with Gasteiger partial charge in [-0.15, -0.1) is 23.1 Å². The van der Waals surface area contributed by atoms with Gasteiger partial charge in [-0.25, -0.2) is 9.78 Å². The molecule has 0 unspecified atom stereocenters. The molecule has 0 fully saturated rings. The third kappa shape index (κ3) is 5.08. The quantitative estimate of drug-likeness (QED) is 0.213. The molecule has 0 radical (unpaired) electrons. The number of pyridine rings is 1. The van der Waals surface area contributed by atoms with Gasteiger partial charge < -0.3 is 9.26 Å². The number of Topliss-reactive ketones (excluding diaryl/α,β-unsaturated/α-hetero) is 1. The second kappa shape index (κ2) is 9.66. The maximum absolute atomic E-state index is 12.4. The normalized spacial score (nSPS) is 10.8. The summed E-state index contributed by atoms with van der Waals surface area (Å²) >= 11 is 2.86. The molecule has 3 aromatic rings. The first-order valence-electron chi connectivity index (χ1n) is 8.79. The lowest BCUT2D eigenvalue weighted by atomic mass is 10.2. The van der Waals surface area contributed by atoms with E-state index in [1.54, 1.807) is 24.4 Å². The molecule has 0 aliphatic carbocycles. The minimum atomic E-state index is -0.432. The monoisotopic (exact) mass is 416 g/mol. The van der Waals surface area contributed by atoms with Crippen LogP contribution in [0.25, 0.3) is 0 Å². The van der Waals surface area contributed by atoms with Crippen molar-refractivity contribution in [3.63, 3.8) is 0 Å². The molecule has 146 valence electrons. The first-order chi connectivity index (χ1) is 13.6. The molecule has 0 amide bonds. The Bertz CT molecular complexity index is 932. The average Bonchev–Trinajstić information content (AvgIpc) is 3.34. The Morgan fingerprint density at radius 1 is 1.25 bits per heavy atom. The highest BCUT2D eigenvalue weighted by atomic mass is 32.2. The van der Waals surface area contributed by atoms with Crippen molar-refractivity contribution in [3.8, 4) is 0 Å². The topological polar surface area (TPSA) is 82.3 Å². The minimum absolute atomic E-state index is 0.0723. The molecule has 0 aromatic carbocycles. The number of ketones is 1. The first kappa shape index (κ1) is 20.3. The van der Waals surface area contributed by atoms with E-state index >= 15 is 0 Å². The number of nitrogens with zero attached hydrogens (tertiary/aromatic N) is 2. The largest absolute Gasteiger partial charge is 0.462 e. The van der Waals surface area contributed by atoms with Crippen LogP contribution in [0.4, 0.5) is 0 Å². The van der Waals surface area contributed by atoms with E-state index in [1.165, 1.54) is 23.1 Å². The van der Waals surface area contributed by atoms with E-state index in [2.05, 4.69) is 10.1 Å². The molecule has 0 spiro atoms. The van der Waals surface area contributed by atoms with E-state index in [1.807, 2.05) is 25.3 Å². The fraction of sp³-hybridized carbons (Fsp3) is 0.300. The van der Waals surface area contributed by atoms with Gasteiger partial charge in [0.15, 0.2) is 5.78 Å². The number of rotatable bonds is 9. The molecule has 3 rings (SSSR count). The summed E-state index contributed by atoms with van der Waals surface area (Å²) in [7, 11) is 0. The van der Waals surface area contributed by atoms with Crippen molar-refractivity contribution in [3.05, 3.63) is 63.3 Å². The molecule has 0 bridgehead atoms. The van der Waals surface area contributed by atoms with E-state index in [0.29, 0.717) is 29.2 Å². The molecule has 3 aromatic heterocycles. The SMILES string of the molecule is Cc1noc(C)c1CSc1ncccc1C(=O)OCCCC(=O)c1cccs1. The van der Waals surface area contributed by atoms with Gasteiger partial charge in [0.2, 0.25) is 0 Å². The second-order valence-electron chi connectivity index (χ2n) is 6.09. The lowest BCUT2D eigenvalue weighted by molar-refractivity contribution is 0.0489. The summed E-state index contributed by atoms with van der Waals surface area (Å²) in [6.07, 6.45) is 2.49. The predicted octanol–water partition coefficient (Wildman–Crippen LogP) is 4.86. The molecule has 0 atom stereocenters. The molecule has 6 nitrogen and oxygen atoms in total. The van der Waals surface area contributed by atoms with Gasteiger partial charge in [0.1, 0.15) is 10.8 Å². The predicted molar refractivity (Wildman–Crippen MR) is 108 cm³/mol. The maximum atomic E-state index is 12.4. The van der Waals surface area contributed by atoms with E-state index in [4.69, 9.17) is 9.26 Å². The van der Waals surface area contributed by atoms with Crippen LogP contribution in [0.3, 0.4) is 0 Å². The van der Waals surface area contributed by atoms with Gasteiger partial charge in [-0.2, -0.15) is 0 Å². The molecule has 0 saturated carbocycles. The zero-order valence-electron chi connectivity index (χ0n) is 15.6. The summed E-state index contributed by atoms with van der Waals surface area (Å²) in [5.41, 5.74) is 2.26. The van der Waals surface area contributed by atoms with Crippen molar-refractivity contribution in [2.75, 3.05) is 6.61 Å². The van der Waals surface area contributed by atoms with E-state index in [-0.39, 0.29) is 12.4 Å². The lowest BCUT2D eigenvalue weighted by Gasteiger charge is -2.08. The fourth-order valence-corrected chi connectivity index (χ4v) is 4.38. The summed E-state index contributed by atoms with van der Waals surface area (Å²) in [5.74, 6) is 1.01. The first-order valence-corrected chi connectivity index (χ1v) is 10.7. The van der Waals surface area contributed by atoms with Crippen LogP contribution in [0.15, 0.2) is 45.4 Å². The smallest absolute Gasteiger partial charge is 0.340 e. The van der Waals surface area contributed by atoms with Crippen molar-refractivity contribution in [2.24, 2.45) is 0 Å². The molecule has 0 saturated heterocycles. The molecule has 3 heterocycles. The van der Waals surface area contributed by atoms with Gasteiger partial charge in [-0.1, -0.05) is 11.2 Å². The average molecular weight is 417 g/mol. The molecular weight excluding hydrogens is 396 g/mol. The van der Waals surface area contributed by atoms with Gasteiger partial charge in [-0.3, -0.25) is 4.79 Å². The summed E-state index contributed by atoms with van der Waals surface area (Å²) in [6, 6.07) is 7.05.